The van der Waals surface area contributed by atoms with Crippen molar-refractivity contribution in [2.45, 2.75) is 25.7 Å². The molecule has 0 aliphatic heterocycles. The van der Waals surface area contributed by atoms with E-state index in [0.29, 0.717) is 28.8 Å². The fraction of sp³-hybridized carbons (Fsp3) is 0.125. The Hall–Kier alpha value is -3.78. The Labute approximate surface area is 187 Å². The van der Waals surface area contributed by atoms with Crippen molar-refractivity contribution in [1.82, 2.24) is 15.0 Å². The Morgan fingerprint density at radius 2 is 1.56 bits per heavy atom. The Balaban J connectivity index is 1.54. The Kier molecular flexibility index (Phi) is 5.87. The number of aromatic nitrogens is 3. The van der Waals surface area contributed by atoms with Crippen LogP contribution in [-0.4, -0.2) is 23.4 Å². The lowest BCUT2D eigenvalue weighted by atomic mass is 10.2. The van der Waals surface area contributed by atoms with Gasteiger partial charge in [0.1, 0.15) is 11.4 Å². The molecule has 0 spiro atoms. The van der Waals surface area contributed by atoms with Gasteiger partial charge in [0.05, 0.1) is 4.90 Å². The van der Waals surface area contributed by atoms with E-state index in [2.05, 4.69) is 19.7 Å². The summed E-state index contributed by atoms with van der Waals surface area (Å²) in [4.78, 5) is 13.5. The maximum absolute atomic E-state index is 12.6. The number of hydrogen-bond donors (Lipinski definition) is 1. The summed E-state index contributed by atoms with van der Waals surface area (Å²) in [5.41, 5.74) is 3.68. The molecule has 4 rings (SSSR count). The van der Waals surface area contributed by atoms with E-state index in [9.17, 15) is 8.42 Å². The van der Waals surface area contributed by atoms with Gasteiger partial charge in [-0.05, 0) is 69.3 Å². The van der Waals surface area contributed by atoms with Crippen LogP contribution in [-0.2, 0) is 10.0 Å². The van der Waals surface area contributed by atoms with Crippen LogP contribution in [0.15, 0.2) is 77.8 Å². The van der Waals surface area contributed by atoms with Crippen molar-refractivity contribution in [1.29, 1.82) is 0 Å². The quantitative estimate of drug-likeness (QED) is 0.445. The van der Waals surface area contributed by atoms with Crippen molar-refractivity contribution in [3.05, 3.63) is 89.7 Å². The summed E-state index contributed by atoms with van der Waals surface area (Å²) in [6.45, 7) is 5.68. The minimum Gasteiger partial charge on any atom is -0.439 e. The highest BCUT2D eigenvalue weighted by Gasteiger charge is 2.15. The Morgan fingerprint density at radius 3 is 2.22 bits per heavy atom. The Bertz CT molecular complexity index is 1340. The lowest BCUT2D eigenvalue weighted by Gasteiger charge is -2.12. The lowest BCUT2D eigenvalue weighted by molar-refractivity contribution is 0.457. The first-order valence-corrected chi connectivity index (χ1v) is 11.4. The van der Waals surface area contributed by atoms with E-state index in [-0.39, 0.29) is 4.90 Å². The predicted octanol–water partition coefficient (Wildman–Crippen LogP) is 5.06. The van der Waals surface area contributed by atoms with E-state index in [4.69, 9.17) is 4.74 Å². The molecule has 0 saturated carbocycles. The molecule has 2 aromatic heterocycles. The van der Waals surface area contributed by atoms with Gasteiger partial charge < -0.3 is 4.74 Å². The fourth-order valence-electron chi connectivity index (χ4n) is 2.95. The van der Waals surface area contributed by atoms with Gasteiger partial charge in [-0.3, -0.25) is 9.71 Å². The fourth-order valence-corrected chi connectivity index (χ4v) is 4.00. The third kappa shape index (κ3) is 4.76. The maximum atomic E-state index is 12.6. The third-order valence-corrected chi connectivity index (χ3v) is 6.29. The molecule has 0 aliphatic carbocycles. The molecule has 8 heteroatoms. The minimum atomic E-state index is -3.67. The summed E-state index contributed by atoms with van der Waals surface area (Å²) in [7, 11) is -3.67. The summed E-state index contributed by atoms with van der Waals surface area (Å²) >= 11 is 0. The number of sulfonamides is 1. The summed E-state index contributed by atoms with van der Waals surface area (Å²) in [5.74, 6) is 1.42. The standard InChI is InChI=1S/C24H22N4O3S/c1-16-7-13-21(14-8-16)32(29,30)28-19-9-11-20(12-10-19)31-24-17(2)18(3)26-23(27-24)22-6-4-5-15-25-22/h4-15,28H,1-3H3. The van der Waals surface area contributed by atoms with Crippen LogP contribution in [0.3, 0.4) is 0 Å². The highest BCUT2D eigenvalue weighted by atomic mass is 32.2. The third-order valence-electron chi connectivity index (χ3n) is 4.89. The van der Waals surface area contributed by atoms with E-state index in [1.54, 1.807) is 54.7 Å². The molecule has 2 heterocycles. The molecule has 0 bridgehead atoms. The zero-order valence-electron chi connectivity index (χ0n) is 17.9. The molecule has 4 aromatic rings. The van der Waals surface area contributed by atoms with Crippen molar-refractivity contribution < 1.29 is 13.2 Å². The van der Waals surface area contributed by atoms with Crippen molar-refractivity contribution in [3.8, 4) is 23.1 Å². The lowest BCUT2D eigenvalue weighted by Crippen LogP contribution is -2.12. The average Bonchev–Trinajstić information content (AvgIpc) is 2.79. The Morgan fingerprint density at radius 1 is 0.844 bits per heavy atom. The largest absolute Gasteiger partial charge is 0.439 e. The summed E-state index contributed by atoms with van der Waals surface area (Å²) in [5, 5.41) is 0. The minimum absolute atomic E-state index is 0.206. The van der Waals surface area contributed by atoms with E-state index < -0.39 is 10.0 Å². The molecule has 0 saturated heterocycles. The zero-order valence-corrected chi connectivity index (χ0v) is 18.7. The second kappa shape index (κ2) is 8.76. The number of nitrogens with zero attached hydrogens (tertiary/aromatic N) is 3. The van der Waals surface area contributed by atoms with Gasteiger partial charge in [0.2, 0.25) is 5.88 Å². The number of ether oxygens (including phenoxy) is 1. The summed E-state index contributed by atoms with van der Waals surface area (Å²) < 4.78 is 33.7. The number of pyridine rings is 1. The number of aryl methyl sites for hydroxylation is 2. The maximum Gasteiger partial charge on any atom is 0.261 e. The van der Waals surface area contributed by atoms with E-state index in [0.717, 1.165) is 16.8 Å². The van der Waals surface area contributed by atoms with E-state index in [1.807, 2.05) is 39.0 Å². The first-order chi connectivity index (χ1) is 15.3. The molecule has 2 aromatic carbocycles. The van der Waals surface area contributed by atoms with Crippen LogP contribution in [0.25, 0.3) is 11.5 Å². The number of benzene rings is 2. The normalized spacial score (nSPS) is 11.2. The molecular formula is C24H22N4O3S. The van der Waals surface area contributed by atoms with E-state index in [1.165, 1.54) is 0 Å². The zero-order chi connectivity index (χ0) is 22.7. The van der Waals surface area contributed by atoms with Gasteiger partial charge in [-0.2, -0.15) is 4.98 Å². The molecule has 0 unspecified atom stereocenters. The second-order valence-corrected chi connectivity index (χ2v) is 9.01. The topological polar surface area (TPSA) is 94.1 Å². The van der Waals surface area contributed by atoms with Crippen LogP contribution >= 0.6 is 0 Å². The predicted molar refractivity (Wildman–Crippen MR) is 123 cm³/mol. The average molecular weight is 447 g/mol. The summed E-state index contributed by atoms with van der Waals surface area (Å²) in [6, 6.07) is 18.9. The number of nitrogens with one attached hydrogen (secondary N) is 1. The summed E-state index contributed by atoms with van der Waals surface area (Å²) in [6.07, 6.45) is 1.69. The van der Waals surface area contributed by atoms with Crippen molar-refractivity contribution in [2.75, 3.05) is 4.72 Å². The molecule has 0 atom stereocenters. The molecule has 0 radical (unpaired) electrons. The number of rotatable bonds is 6. The first-order valence-electron chi connectivity index (χ1n) is 9.96. The molecule has 0 aliphatic rings. The smallest absolute Gasteiger partial charge is 0.261 e. The highest BCUT2D eigenvalue weighted by Crippen LogP contribution is 2.28. The molecule has 0 amide bonds. The van der Waals surface area contributed by atoms with Crippen molar-refractivity contribution >= 4 is 15.7 Å². The van der Waals surface area contributed by atoms with Gasteiger partial charge >= 0.3 is 0 Å². The van der Waals surface area contributed by atoms with Gasteiger partial charge in [-0.1, -0.05) is 23.8 Å². The van der Waals surface area contributed by atoms with Crippen LogP contribution in [0.4, 0.5) is 5.69 Å². The first kappa shape index (κ1) is 21.5. The van der Waals surface area contributed by atoms with Crippen LogP contribution in [0, 0.1) is 20.8 Å². The van der Waals surface area contributed by atoms with Crippen molar-refractivity contribution in [3.63, 3.8) is 0 Å². The van der Waals surface area contributed by atoms with Gasteiger partial charge in [0, 0.05) is 23.1 Å². The molecule has 162 valence electrons. The van der Waals surface area contributed by atoms with E-state index >= 15 is 0 Å². The van der Waals surface area contributed by atoms with Gasteiger partial charge in [0.25, 0.3) is 10.0 Å². The van der Waals surface area contributed by atoms with Crippen LogP contribution in [0.5, 0.6) is 11.6 Å². The van der Waals surface area contributed by atoms with Gasteiger partial charge in [-0.15, -0.1) is 0 Å². The van der Waals surface area contributed by atoms with Crippen LogP contribution in [0.1, 0.15) is 16.8 Å². The van der Waals surface area contributed by atoms with Crippen LogP contribution in [0.2, 0.25) is 0 Å². The molecule has 7 nitrogen and oxygen atoms in total. The van der Waals surface area contributed by atoms with Crippen molar-refractivity contribution in [2.24, 2.45) is 0 Å². The molecule has 0 fully saturated rings. The number of anilines is 1. The number of hydrogen-bond acceptors (Lipinski definition) is 6. The van der Waals surface area contributed by atoms with Gasteiger partial charge in [0.15, 0.2) is 5.82 Å². The highest BCUT2D eigenvalue weighted by molar-refractivity contribution is 7.92. The van der Waals surface area contributed by atoms with Gasteiger partial charge in [-0.25, -0.2) is 13.4 Å². The SMILES string of the molecule is Cc1ccc(S(=O)(=O)Nc2ccc(Oc3nc(-c4ccccn4)nc(C)c3C)cc2)cc1. The molecule has 32 heavy (non-hydrogen) atoms. The monoisotopic (exact) mass is 446 g/mol. The second-order valence-electron chi connectivity index (χ2n) is 7.32. The van der Waals surface area contributed by atoms with Crippen LogP contribution < -0.4 is 9.46 Å². The molecule has 1 N–H and O–H groups in total. The molecular weight excluding hydrogens is 424 g/mol.